The van der Waals surface area contributed by atoms with Gasteiger partial charge in [-0.2, -0.15) is 18.3 Å². The summed E-state index contributed by atoms with van der Waals surface area (Å²) >= 11 is 0. The van der Waals surface area contributed by atoms with Crippen molar-refractivity contribution in [3.8, 4) is 5.69 Å². The van der Waals surface area contributed by atoms with Crippen LogP contribution < -0.4 is 0 Å². The van der Waals surface area contributed by atoms with Crippen LogP contribution in [0.4, 0.5) is 13.2 Å². The van der Waals surface area contributed by atoms with Gasteiger partial charge < -0.3 is 0 Å². The quantitative estimate of drug-likeness (QED) is 0.744. The molecule has 0 saturated carbocycles. The van der Waals surface area contributed by atoms with E-state index in [0.717, 1.165) is 11.6 Å². The smallest absolute Gasteiger partial charge is 0.238 e. The van der Waals surface area contributed by atoms with E-state index in [9.17, 15) is 13.2 Å². The first-order chi connectivity index (χ1) is 8.88. The fourth-order valence-corrected chi connectivity index (χ4v) is 1.63. The molecule has 2 nitrogen and oxygen atoms in total. The molecule has 0 atom stereocenters. The monoisotopic (exact) mass is 270 g/mol. The maximum Gasteiger partial charge on any atom is 0.435 e. The Balaban J connectivity index is 0.000000861. The predicted octanol–water partition coefficient (Wildman–Crippen LogP) is 4.53. The Hall–Kier alpha value is -1.78. The largest absolute Gasteiger partial charge is 0.435 e. The zero-order valence-electron chi connectivity index (χ0n) is 11.4. The number of benzene rings is 1. The van der Waals surface area contributed by atoms with E-state index in [4.69, 9.17) is 0 Å². The third-order valence-corrected chi connectivity index (χ3v) is 2.42. The Morgan fingerprint density at radius 1 is 1.05 bits per heavy atom. The Kier molecular flexibility index (Phi) is 4.75. The minimum absolute atomic E-state index is 0.461. The first-order valence-electron chi connectivity index (χ1n) is 6.09. The van der Waals surface area contributed by atoms with Crippen LogP contribution in [-0.4, -0.2) is 9.78 Å². The van der Waals surface area contributed by atoms with Gasteiger partial charge in [0.1, 0.15) is 0 Å². The molecule has 2 aromatic rings. The number of hydrogen-bond donors (Lipinski definition) is 0. The van der Waals surface area contributed by atoms with Crippen molar-refractivity contribution in [2.24, 2.45) is 0 Å². The molecule has 19 heavy (non-hydrogen) atoms. The normalized spacial score (nSPS) is 10.9. The summed E-state index contributed by atoms with van der Waals surface area (Å²) in [7, 11) is 0. The summed E-state index contributed by atoms with van der Waals surface area (Å²) in [6, 6.07) is 8.24. The van der Waals surface area contributed by atoms with Gasteiger partial charge in [0.15, 0.2) is 5.69 Å². The van der Waals surface area contributed by atoms with E-state index in [1.807, 2.05) is 26.8 Å². The number of rotatable bonds is 1. The lowest BCUT2D eigenvalue weighted by Crippen LogP contribution is -2.07. The van der Waals surface area contributed by atoms with Crippen LogP contribution in [0.2, 0.25) is 0 Å². The highest BCUT2D eigenvalue weighted by Gasteiger charge is 2.34. The van der Waals surface area contributed by atoms with Gasteiger partial charge in [-0.15, -0.1) is 0 Å². The summed E-state index contributed by atoms with van der Waals surface area (Å²) in [4.78, 5) is 0. The summed E-state index contributed by atoms with van der Waals surface area (Å²) in [5, 5.41) is 3.58. The summed E-state index contributed by atoms with van der Waals surface area (Å²) in [6.07, 6.45) is -4.40. The summed E-state index contributed by atoms with van der Waals surface area (Å²) in [6.45, 7) is 7.48. The van der Waals surface area contributed by atoms with Gasteiger partial charge in [0, 0.05) is 5.69 Å². The van der Waals surface area contributed by atoms with E-state index in [1.54, 1.807) is 25.1 Å². The van der Waals surface area contributed by atoms with E-state index in [2.05, 4.69) is 5.10 Å². The van der Waals surface area contributed by atoms with Crippen LogP contribution in [0.25, 0.3) is 5.69 Å². The van der Waals surface area contributed by atoms with E-state index < -0.39 is 11.9 Å². The van der Waals surface area contributed by atoms with Crippen molar-refractivity contribution in [3.05, 3.63) is 47.3 Å². The third-order valence-electron chi connectivity index (χ3n) is 2.42. The van der Waals surface area contributed by atoms with Gasteiger partial charge in [-0.3, -0.25) is 0 Å². The van der Waals surface area contributed by atoms with E-state index in [1.165, 1.54) is 4.68 Å². The Labute approximate surface area is 110 Å². The Morgan fingerprint density at radius 3 is 2.16 bits per heavy atom. The summed E-state index contributed by atoms with van der Waals surface area (Å²) in [5.41, 5.74) is 1.21. The average Bonchev–Trinajstić information content (AvgIpc) is 2.74. The lowest BCUT2D eigenvalue weighted by Gasteiger charge is -2.05. The topological polar surface area (TPSA) is 17.8 Å². The number of aryl methyl sites for hydroxylation is 2. The molecule has 0 fully saturated rings. The van der Waals surface area contributed by atoms with Crippen molar-refractivity contribution in [1.29, 1.82) is 0 Å². The molecule has 0 aliphatic rings. The number of aromatic nitrogens is 2. The van der Waals surface area contributed by atoms with Crippen LogP contribution in [-0.2, 0) is 6.18 Å². The average molecular weight is 270 g/mol. The minimum Gasteiger partial charge on any atom is -0.238 e. The molecule has 0 amide bonds. The summed E-state index contributed by atoms with van der Waals surface area (Å²) in [5.74, 6) is 0. The molecule has 0 aliphatic carbocycles. The van der Waals surface area contributed by atoms with Gasteiger partial charge in [0.25, 0.3) is 0 Å². The molecule has 2 rings (SSSR count). The maximum atomic E-state index is 12.5. The van der Waals surface area contributed by atoms with Crippen LogP contribution in [0.15, 0.2) is 30.3 Å². The Bertz CT molecular complexity index is 542. The predicted molar refractivity (Wildman–Crippen MR) is 69.4 cm³/mol. The maximum absolute atomic E-state index is 12.5. The van der Waals surface area contributed by atoms with E-state index in [-0.39, 0.29) is 0 Å². The molecule has 0 saturated heterocycles. The highest BCUT2D eigenvalue weighted by molar-refractivity contribution is 5.36. The first kappa shape index (κ1) is 15.3. The van der Waals surface area contributed by atoms with Gasteiger partial charge >= 0.3 is 6.18 Å². The molecular formula is C14H17F3N2. The number of nitrogens with zero attached hydrogens (tertiary/aromatic N) is 2. The molecule has 0 unspecified atom stereocenters. The standard InChI is InChI=1S/C12H11F3N2.C2H6/c1-8-4-3-5-10(6-8)17-9(2)7-11(16-17)12(13,14)15;1-2/h3-7H,1-2H3;1-2H3. The summed E-state index contributed by atoms with van der Waals surface area (Å²) < 4.78 is 38.8. The molecule has 0 bridgehead atoms. The second-order valence-electron chi connectivity index (χ2n) is 3.92. The van der Waals surface area contributed by atoms with Crippen LogP contribution in [0.5, 0.6) is 0 Å². The van der Waals surface area contributed by atoms with Gasteiger partial charge in [-0.1, -0.05) is 26.0 Å². The van der Waals surface area contributed by atoms with Crippen LogP contribution in [0, 0.1) is 13.8 Å². The molecule has 1 aromatic carbocycles. The van der Waals surface area contributed by atoms with Crippen molar-refractivity contribution >= 4 is 0 Å². The fourth-order valence-electron chi connectivity index (χ4n) is 1.63. The van der Waals surface area contributed by atoms with Crippen molar-refractivity contribution in [1.82, 2.24) is 9.78 Å². The number of hydrogen-bond acceptors (Lipinski definition) is 1. The molecular weight excluding hydrogens is 253 g/mol. The molecule has 0 spiro atoms. The molecule has 5 heteroatoms. The second-order valence-corrected chi connectivity index (χ2v) is 3.92. The third kappa shape index (κ3) is 3.59. The van der Waals surface area contributed by atoms with Gasteiger partial charge in [-0.05, 0) is 37.6 Å². The van der Waals surface area contributed by atoms with Crippen LogP contribution in [0.3, 0.4) is 0 Å². The van der Waals surface area contributed by atoms with Crippen molar-refractivity contribution in [2.75, 3.05) is 0 Å². The molecule has 0 aliphatic heterocycles. The van der Waals surface area contributed by atoms with E-state index >= 15 is 0 Å². The van der Waals surface area contributed by atoms with Crippen molar-refractivity contribution in [3.63, 3.8) is 0 Å². The first-order valence-corrected chi connectivity index (χ1v) is 6.09. The van der Waals surface area contributed by atoms with Gasteiger partial charge in [0.2, 0.25) is 0 Å². The molecule has 1 aromatic heterocycles. The van der Waals surface area contributed by atoms with Crippen molar-refractivity contribution in [2.45, 2.75) is 33.9 Å². The number of halogens is 3. The molecule has 0 N–H and O–H groups in total. The zero-order chi connectivity index (χ0) is 14.6. The second kappa shape index (κ2) is 5.91. The molecule has 104 valence electrons. The molecule has 0 radical (unpaired) electrons. The SMILES string of the molecule is CC.Cc1cccc(-n2nc(C(F)(F)F)cc2C)c1. The highest BCUT2D eigenvalue weighted by Crippen LogP contribution is 2.29. The fraction of sp³-hybridized carbons (Fsp3) is 0.357. The minimum atomic E-state index is -4.40. The number of alkyl halides is 3. The Morgan fingerprint density at radius 2 is 1.68 bits per heavy atom. The van der Waals surface area contributed by atoms with E-state index in [0.29, 0.717) is 11.4 Å². The zero-order valence-corrected chi connectivity index (χ0v) is 11.4. The molecule has 1 heterocycles. The van der Waals surface area contributed by atoms with Crippen LogP contribution in [0.1, 0.15) is 30.8 Å². The van der Waals surface area contributed by atoms with Gasteiger partial charge in [0.05, 0.1) is 5.69 Å². The lowest BCUT2D eigenvalue weighted by atomic mass is 10.2. The van der Waals surface area contributed by atoms with Gasteiger partial charge in [-0.25, -0.2) is 4.68 Å². The van der Waals surface area contributed by atoms with Crippen LogP contribution >= 0.6 is 0 Å². The highest BCUT2D eigenvalue weighted by atomic mass is 19.4. The van der Waals surface area contributed by atoms with Crippen molar-refractivity contribution < 1.29 is 13.2 Å². The lowest BCUT2D eigenvalue weighted by molar-refractivity contribution is -0.141.